The molecule has 0 aromatic rings. The molecule has 0 aliphatic heterocycles. The number of hydrogen-bond donors (Lipinski definition) is 1. The first-order valence-corrected chi connectivity index (χ1v) is 11.8. The van der Waals surface area contributed by atoms with Gasteiger partial charge in [0.2, 0.25) is 0 Å². The second kappa shape index (κ2) is 15.7. The highest BCUT2D eigenvalue weighted by Crippen LogP contribution is 2.27. The van der Waals surface area contributed by atoms with E-state index >= 15 is 0 Å². The Morgan fingerprint density at radius 2 is 1.24 bits per heavy atom. The Balaban J connectivity index is 2.18. The van der Waals surface area contributed by atoms with Crippen molar-refractivity contribution < 1.29 is 9.84 Å². The average molecular weight is 403 g/mol. The number of aliphatic hydroxyl groups is 1. The number of ether oxygens (including phenoxy) is 1. The van der Waals surface area contributed by atoms with E-state index < -0.39 is 6.29 Å². The summed E-state index contributed by atoms with van der Waals surface area (Å²) in [6, 6.07) is 0. The van der Waals surface area contributed by atoms with Crippen LogP contribution in [0.25, 0.3) is 0 Å². The lowest BCUT2D eigenvalue weighted by Gasteiger charge is -2.26. The Labute approximate surface area is 180 Å². The molecular formula is C27H46O2. The summed E-state index contributed by atoms with van der Waals surface area (Å²) >= 11 is 0. The van der Waals surface area contributed by atoms with Crippen molar-refractivity contribution in [3.05, 3.63) is 46.6 Å². The summed E-state index contributed by atoms with van der Waals surface area (Å²) in [6.45, 7) is 11.5. The Morgan fingerprint density at radius 3 is 1.76 bits per heavy atom. The van der Waals surface area contributed by atoms with Crippen LogP contribution in [0.15, 0.2) is 46.6 Å². The van der Waals surface area contributed by atoms with Crippen molar-refractivity contribution in [3.8, 4) is 0 Å². The molecule has 0 spiro atoms. The number of aliphatic hydroxyl groups excluding tert-OH is 1. The fourth-order valence-corrected chi connectivity index (χ4v) is 3.83. The van der Waals surface area contributed by atoms with Gasteiger partial charge in [-0.15, -0.1) is 0 Å². The van der Waals surface area contributed by atoms with Crippen LogP contribution >= 0.6 is 0 Å². The van der Waals surface area contributed by atoms with Gasteiger partial charge in [0.05, 0.1) is 6.61 Å². The van der Waals surface area contributed by atoms with Crippen LogP contribution in [0.5, 0.6) is 0 Å². The fraction of sp³-hybridized carbons (Fsp3) is 0.704. The van der Waals surface area contributed by atoms with Crippen molar-refractivity contribution in [1.82, 2.24) is 0 Å². The van der Waals surface area contributed by atoms with E-state index in [0.717, 1.165) is 44.9 Å². The van der Waals surface area contributed by atoms with Crippen LogP contribution in [0.2, 0.25) is 0 Å². The minimum Gasteiger partial charge on any atom is -0.368 e. The van der Waals surface area contributed by atoms with Gasteiger partial charge in [-0.3, -0.25) is 0 Å². The monoisotopic (exact) mass is 402 g/mol. The zero-order chi connectivity index (χ0) is 21.5. The normalized spacial score (nSPS) is 18.1. The zero-order valence-electron chi connectivity index (χ0n) is 19.8. The van der Waals surface area contributed by atoms with Crippen LogP contribution < -0.4 is 0 Å². The Morgan fingerprint density at radius 1 is 0.759 bits per heavy atom. The van der Waals surface area contributed by atoms with Gasteiger partial charge in [-0.1, -0.05) is 65.9 Å². The molecule has 0 bridgehead atoms. The van der Waals surface area contributed by atoms with Crippen LogP contribution in [0, 0.1) is 5.92 Å². The molecule has 1 atom stereocenters. The molecule has 29 heavy (non-hydrogen) atoms. The van der Waals surface area contributed by atoms with E-state index in [9.17, 15) is 5.11 Å². The molecule has 0 saturated heterocycles. The van der Waals surface area contributed by atoms with E-state index in [0.29, 0.717) is 12.5 Å². The molecule has 0 heterocycles. The third-order valence-corrected chi connectivity index (χ3v) is 5.91. The molecular weight excluding hydrogens is 356 g/mol. The van der Waals surface area contributed by atoms with Gasteiger partial charge in [0.1, 0.15) is 0 Å². The summed E-state index contributed by atoms with van der Waals surface area (Å²) in [5.41, 5.74) is 5.74. The van der Waals surface area contributed by atoms with Gasteiger partial charge in [0, 0.05) is 5.92 Å². The van der Waals surface area contributed by atoms with E-state index in [4.69, 9.17) is 4.74 Å². The fourth-order valence-electron chi connectivity index (χ4n) is 3.83. The lowest BCUT2D eigenvalue weighted by atomic mass is 9.89. The van der Waals surface area contributed by atoms with Crippen molar-refractivity contribution in [2.45, 2.75) is 112 Å². The molecule has 0 radical (unpaired) electrons. The molecule has 0 aromatic heterocycles. The second-order valence-corrected chi connectivity index (χ2v) is 9.17. The molecule has 1 rings (SSSR count). The van der Waals surface area contributed by atoms with Crippen LogP contribution in [0.3, 0.4) is 0 Å². The van der Waals surface area contributed by atoms with Gasteiger partial charge in [-0.05, 0) is 86.0 Å². The quantitative estimate of drug-likeness (QED) is 0.249. The van der Waals surface area contributed by atoms with E-state index in [1.807, 2.05) is 0 Å². The first kappa shape index (κ1) is 25.9. The van der Waals surface area contributed by atoms with Crippen molar-refractivity contribution in [2.75, 3.05) is 6.61 Å². The van der Waals surface area contributed by atoms with Crippen molar-refractivity contribution in [3.63, 3.8) is 0 Å². The highest BCUT2D eigenvalue weighted by Gasteiger charge is 2.21. The minimum absolute atomic E-state index is 0.341. The average Bonchev–Trinajstić information content (AvgIpc) is 2.68. The Bertz CT molecular complexity index is 555. The lowest BCUT2D eigenvalue weighted by molar-refractivity contribution is -0.132. The lowest BCUT2D eigenvalue weighted by Crippen LogP contribution is -2.25. The maximum atomic E-state index is 10.2. The van der Waals surface area contributed by atoms with E-state index in [2.05, 4.69) is 58.9 Å². The van der Waals surface area contributed by atoms with Gasteiger partial charge in [0.25, 0.3) is 0 Å². The Hall–Kier alpha value is -1.12. The third kappa shape index (κ3) is 13.7. The zero-order valence-corrected chi connectivity index (χ0v) is 19.8. The van der Waals surface area contributed by atoms with Crippen LogP contribution in [-0.2, 0) is 4.74 Å². The molecule has 166 valence electrons. The van der Waals surface area contributed by atoms with Crippen molar-refractivity contribution in [2.24, 2.45) is 5.92 Å². The SMILES string of the molecule is CC(C)=CCCC(C)=CCCC(C)=CCCC(C)=CCOC(O)C1CCCCC1. The highest BCUT2D eigenvalue weighted by atomic mass is 16.6. The molecule has 1 unspecified atom stereocenters. The minimum atomic E-state index is -0.583. The smallest absolute Gasteiger partial charge is 0.157 e. The number of allylic oxidation sites excluding steroid dienone is 7. The van der Waals surface area contributed by atoms with Crippen LogP contribution in [0.4, 0.5) is 0 Å². The van der Waals surface area contributed by atoms with Crippen LogP contribution in [-0.4, -0.2) is 18.0 Å². The van der Waals surface area contributed by atoms with Gasteiger partial charge in [-0.25, -0.2) is 0 Å². The van der Waals surface area contributed by atoms with E-state index in [1.54, 1.807) is 0 Å². The van der Waals surface area contributed by atoms with Gasteiger partial charge in [-0.2, -0.15) is 0 Å². The molecule has 1 N–H and O–H groups in total. The summed E-state index contributed by atoms with van der Waals surface area (Å²) in [4.78, 5) is 0. The summed E-state index contributed by atoms with van der Waals surface area (Å²) in [7, 11) is 0. The second-order valence-electron chi connectivity index (χ2n) is 9.17. The Kier molecular flexibility index (Phi) is 14.0. The van der Waals surface area contributed by atoms with Crippen molar-refractivity contribution >= 4 is 0 Å². The summed E-state index contributed by atoms with van der Waals surface area (Å²) in [5.74, 6) is 0.341. The topological polar surface area (TPSA) is 29.5 Å². The molecule has 2 nitrogen and oxygen atoms in total. The standard InChI is InChI=1S/C27H46O2/c1-22(2)12-9-13-23(3)14-10-15-24(4)16-11-17-25(5)20-21-29-27(28)26-18-7-6-8-19-26/h12,14,16,20,26-28H,6-11,13,15,17-19,21H2,1-5H3. The number of hydrogen-bond acceptors (Lipinski definition) is 2. The first-order chi connectivity index (χ1) is 13.9. The van der Waals surface area contributed by atoms with E-state index in [-0.39, 0.29) is 0 Å². The molecule has 1 aliphatic rings. The summed E-state index contributed by atoms with van der Waals surface area (Å²) in [5, 5.41) is 10.2. The van der Waals surface area contributed by atoms with Crippen molar-refractivity contribution in [1.29, 1.82) is 0 Å². The van der Waals surface area contributed by atoms with E-state index in [1.165, 1.54) is 48.0 Å². The first-order valence-electron chi connectivity index (χ1n) is 11.8. The van der Waals surface area contributed by atoms with Gasteiger partial charge in [0.15, 0.2) is 6.29 Å². The van der Waals surface area contributed by atoms with Crippen LogP contribution in [0.1, 0.15) is 105 Å². The third-order valence-electron chi connectivity index (χ3n) is 5.91. The summed E-state index contributed by atoms with van der Waals surface area (Å²) < 4.78 is 5.65. The molecule has 1 aliphatic carbocycles. The summed E-state index contributed by atoms with van der Waals surface area (Å²) in [6.07, 6.45) is 21.4. The maximum absolute atomic E-state index is 10.2. The molecule has 2 heteroatoms. The molecule has 0 aromatic carbocycles. The van der Waals surface area contributed by atoms with Gasteiger partial charge < -0.3 is 9.84 Å². The largest absolute Gasteiger partial charge is 0.368 e. The highest BCUT2D eigenvalue weighted by molar-refractivity contribution is 5.07. The predicted octanol–water partition coefficient (Wildman–Crippen LogP) is 8.05. The molecule has 1 fully saturated rings. The predicted molar refractivity (Wildman–Crippen MR) is 127 cm³/mol. The van der Waals surface area contributed by atoms with Gasteiger partial charge >= 0.3 is 0 Å². The molecule has 1 saturated carbocycles. The number of rotatable bonds is 13. The molecule has 0 amide bonds. The maximum Gasteiger partial charge on any atom is 0.157 e.